The van der Waals surface area contributed by atoms with Gasteiger partial charge >= 0.3 is 6.18 Å². The third kappa shape index (κ3) is 2.96. The molecule has 0 saturated carbocycles. The zero-order chi connectivity index (χ0) is 15.4. The van der Waals surface area contributed by atoms with Gasteiger partial charge in [0.15, 0.2) is 5.69 Å². The number of hydrogen-bond acceptors (Lipinski definition) is 4. The van der Waals surface area contributed by atoms with Crippen molar-refractivity contribution >= 4 is 11.3 Å². The Morgan fingerprint density at radius 2 is 1.86 bits per heavy atom. The number of fused-ring (bicyclic) bond motifs is 2. The first-order chi connectivity index (χ1) is 9.64. The Labute approximate surface area is 126 Å². The molecule has 21 heavy (non-hydrogen) atoms. The van der Waals surface area contributed by atoms with Gasteiger partial charge in [-0.25, -0.2) is 4.98 Å². The van der Waals surface area contributed by atoms with E-state index < -0.39 is 11.9 Å². The molecule has 0 spiro atoms. The summed E-state index contributed by atoms with van der Waals surface area (Å²) in [5.74, 6) is 0. The molecule has 3 saturated heterocycles. The standard InChI is InChI=1S/C14H20F3N3S/c1-13(2,3)19-5-9-4-10(6-19)20(9)7-12-18-11(8-21-12)14(15,16)17/h8-10H,4-7H2,1-3H3. The van der Waals surface area contributed by atoms with Crippen LogP contribution in [0.25, 0.3) is 0 Å². The van der Waals surface area contributed by atoms with Crippen molar-refractivity contribution in [2.45, 2.75) is 57.5 Å². The van der Waals surface area contributed by atoms with Crippen LogP contribution >= 0.6 is 11.3 Å². The number of thiazole rings is 1. The van der Waals surface area contributed by atoms with Crippen molar-refractivity contribution in [3.05, 3.63) is 16.1 Å². The van der Waals surface area contributed by atoms with Crippen molar-refractivity contribution in [2.75, 3.05) is 13.1 Å². The van der Waals surface area contributed by atoms with E-state index in [0.29, 0.717) is 23.6 Å². The summed E-state index contributed by atoms with van der Waals surface area (Å²) in [6, 6.07) is 0.919. The highest BCUT2D eigenvalue weighted by molar-refractivity contribution is 7.09. The van der Waals surface area contributed by atoms with Crippen molar-refractivity contribution < 1.29 is 13.2 Å². The number of piperidine rings is 1. The zero-order valence-electron chi connectivity index (χ0n) is 12.4. The smallest absolute Gasteiger partial charge is 0.295 e. The Kier molecular flexibility index (Phi) is 3.58. The highest BCUT2D eigenvalue weighted by atomic mass is 32.1. The largest absolute Gasteiger partial charge is 0.434 e. The first-order valence-electron chi connectivity index (χ1n) is 7.17. The summed E-state index contributed by atoms with van der Waals surface area (Å²) in [5.41, 5.74) is -0.599. The number of piperazine rings is 1. The van der Waals surface area contributed by atoms with Crippen LogP contribution in [0.3, 0.4) is 0 Å². The van der Waals surface area contributed by atoms with E-state index in [9.17, 15) is 13.2 Å². The van der Waals surface area contributed by atoms with Gasteiger partial charge in [0.05, 0.1) is 6.54 Å². The lowest BCUT2D eigenvalue weighted by atomic mass is 9.85. The molecule has 3 aliphatic heterocycles. The Morgan fingerprint density at radius 1 is 1.24 bits per heavy atom. The number of halogens is 3. The lowest BCUT2D eigenvalue weighted by Crippen LogP contribution is -2.70. The number of rotatable bonds is 2. The average molecular weight is 319 g/mol. The third-order valence-electron chi connectivity index (χ3n) is 4.45. The van der Waals surface area contributed by atoms with Gasteiger partial charge in [0.1, 0.15) is 5.01 Å². The van der Waals surface area contributed by atoms with Gasteiger partial charge in [0.2, 0.25) is 0 Å². The average Bonchev–Trinajstić information content (AvgIpc) is 2.83. The molecule has 7 heteroatoms. The Hall–Kier alpha value is -0.660. The van der Waals surface area contributed by atoms with Crippen LogP contribution in [-0.4, -0.2) is 45.5 Å². The maximum atomic E-state index is 12.6. The first-order valence-corrected chi connectivity index (χ1v) is 8.05. The van der Waals surface area contributed by atoms with Crippen molar-refractivity contribution in [1.82, 2.24) is 14.8 Å². The Morgan fingerprint density at radius 3 is 2.33 bits per heavy atom. The van der Waals surface area contributed by atoms with Crippen molar-refractivity contribution in [3.8, 4) is 0 Å². The van der Waals surface area contributed by atoms with Crippen LogP contribution in [0.5, 0.6) is 0 Å². The minimum Gasteiger partial charge on any atom is -0.295 e. The van der Waals surface area contributed by atoms with Gasteiger partial charge in [-0.2, -0.15) is 13.2 Å². The highest BCUT2D eigenvalue weighted by Crippen LogP contribution is 2.37. The summed E-state index contributed by atoms with van der Waals surface area (Å²) in [5, 5.41) is 1.69. The number of alkyl halides is 3. The molecule has 3 aliphatic rings. The first kappa shape index (κ1) is 15.2. The molecule has 4 rings (SSSR count). The third-order valence-corrected chi connectivity index (χ3v) is 5.29. The van der Waals surface area contributed by atoms with E-state index in [-0.39, 0.29) is 5.54 Å². The molecular weight excluding hydrogens is 299 g/mol. The molecule has 3 nitrogen and oxygen atoms in total. The van der Waals surface area contributed by atoms with Gasteiger partial charge in [-0.05, 0) is 27.2 Å². The van der Waals surface area contributed by atoms with E-state index in [1.807, 2.05) is 0 Å². The molecular formula is C14H20F3N3S. The predicted octanol–water partition coefficient (Wildman–Crippen LogP) is 3.22. The van der Waals surface area contributed by atoms with Gasteiger partial charge in [-0.15, -0.1) is 11.3 Å². The van der Waals surface area contributed by atoms with Gasteiger partial charge in [0.25, 0.3) is 0 Å². The van der Waals surface area contributed by atoms with E-state index in [1.165, 1.54) is 0 Å². The number of aromatic nitrogens is 1. The summed E-state index contributed by atoms with van der Waals surface area (Å²) in [7, 11) is 0. The topological polar surface area (TPSA) is 19.4 Å². The van der Waals surface area contributed by atoms with Gasteiger partial charge in [-0.1, -0.05) is 0 Å². The number of hydrogen-bond donors (Lipinski definition) is 0. The van der Waals surface area contributed by atoms with Crippen molar-refractivity contribution in [3.63, 3.8) is 0 Å². The molecule has 0 radical (unpaired) electrons. The van der Waals surface area contributed by atoms with Crippen LogP contribution in [0.2, 0.25) is 0 Å². The maximum absolute atomic E-state index is 12.6. The Balaban J connectivity index is 1.63. The number of nitrogens with zero attached hydrogens (tertiary/aromatic N) is 3. The van der Waals surface area contributed by atoms with Gasteiger partial charge in [-0.3, -0.25) is 9.80 Å². The van der Waals surface area contributed by atoms with Crippen LogP contribution in [0.15, 0.2) is 5.38 Å². The second-order valence-corrected chi connectivity index (χ2v) is 7.86. The minimum atomic E-state index is -4.33. The maximum Gasteiger partial charge on any atom is 0.434 e. The predicted molar refractivity (Wildman–Crippen MR) is 76.2 cm³/mol. The normalized spacial score (nSPS) is 27.7. The molecule has 1 aromatic heterocycles. The monoisotopic (exact) mass is 319 g/mol. The summed E-state index contributed by atoms with van der Waals surface area (Å²) in [4.78, 5) is 8.51. The quantitative estimate of drug-likeness (QED) is 0.834. The molecule has 2 atom stereocenters. The molecule has 0 aliphatic carbocycles. The Bertz CT molecular complexity index is 508. The summed E-state index contributed by atoms with van der Waals surface area (Å²) >= 11 is 1.11. The second-order valence-electron chi connectivity index (χ2n) is 6.92. The SMILES string of the molecule is CC(C)(C)N1CC2CC(C1)N2Cc1nc(C(F)(F)F)cs1. The fourth-order valence-corrected chi connectivity index (χ4v) is 3.97. The van der Waals surface area contributed by atoms with Crippen LogP contribution in [0.1, 0.15) is 37.9 Å². The summed E-state index contributed by atoms with van der Waals surface area (Å²) in [6.07, 6.45) is -3.17. The fourth-order valence-electron chi connectivity index (χ4n) is 3.16. The van der Waals surface area contributed by atoms with E-state index in [4.69, 9.17) is 0 Å². The van der Waals surface area contributed by atoms with E-state index in [0.717, 1.165) is 36.2 Å². The fraction of sp³-hybridized carbons (Fsp3) is 0.786. The molecule has 0 N–H and O–H groups in total. The summed E-state index contributed by atoms with van der Waals surface area (Å²) < 4.78 is 37.7. The van der Waals surface area contributed by atoms with E-state index >= 15 is 0 Å². The van der Waals surface area contributed by atoms with Crippen LogP contribution in [0, 0.1) is 0 Å². The zero-order valence-corrected chi connectivity index (χ0v) is 13.3. The van der Waals surface area contributed by atoms with E-state index in [1.54, 1.807) is 0 Å². The summed E-state index contributed by atoms with van der Waals surface area (Å²) in [6.45, 7) is 9.17. The molecule has 0 amide bonds. The molecule has 2 unspecified atom stereocenters. The van der Waals surface area contributed by atoms with Gasteiger partial charge in [0, 0.05) is 36.1 Å². The molecule has 2 bridgehead atoms. The molecule has 0 aromatic carbocycles. The molecule has 1 aromatic rings. The van der Waals surface area contributed by atoms with Gasteiger partial charge < -0.3 is 0 Å². The van der Waals surface area contributed by atoms with E-state index in [2.05, 4.69) is 35.6 Å². The molecule has 118 valence electrons. The van der Waals surface area contributed by atoms with Crippen LogP contribution < -0.4 is 0 Å². The van der Waals surface area contributed by atoms with Crippen molar-refractivity contribution in [1.29, 1.82) is 0 Å². The molecule has 3 fully saturated rings. The van der Waals surface area contributed by atoms with Crippen LogP contribution in [-0.2, 0) is 12.7 Å². The minimum absolute atomic E-state index is 0.160. The lowest BCUT2D eigenvalue weighted by Gasteiger charge is -2.59. The highest BCUT2D eigenvalue weighted by Gasteiger charge is 2.47. The molecule has 4 heterocycles. The van der Waals surface area contributed by atoms with Crippen molar-refractivity contribution in [2.24, 2.45) is 0 Å². The second kappa shape index (κ2) is 4.93. The lowest BCUT2D eigenvalue weighted by molar-refractivity contribution is -0.141. The van der Waals surface area contributed by atoms with Crippen LogP contribution in [0.4, 0.5) is 13.2 Å².